The Morgan fingerprint density at radius 1 is 1.30 bits per heavy atom. The maximum Gasteiger partial charge on any atom is 0.326 e. The number of carbonyl (C=O) groups is 2. The van der Waals surface area contributed by atoms with Crippen molar-refractivity contribution in [3.05, 3.63) is 34.9 Å². The van der Waals surface area contributed by atoms with Crippen LogP contribution in [0.3, 0.4) is 0 Å². The molecule has 0 radical (unpaired) electrons. The second-order valence-corrected chi connectivity index (χ2v) is 6.34. The van der Waals surface area contributed by atoms with Crippen LogP contribution in [0.5, 0.6) is 0 Å². The van der Waals surface area contributed by atoms with E-state index >= 15 is 0 Å². The summed E-state index contributed by atoms with van der Waals surface area (Å²) in [6.07, 6.45) is -1.04. The maximum absolute atomic E-state index is 12.0. The Morgan fingerprint density at radius 2 is 1.91 bits per heavy atom. The van der Waals surface area contributed by atoms with Crippen molar-refractivity contribution in [2.75, 3.05) is 0 Å². The van der Waals surface area contributed by atoms with Gasteiger partial charge in [-0.25, -0.2) is 4.79 Å². The predicted molar refractivity (Wildman–Crippen MR) is 88.2 cm³/mol. The van der Waals surface area contributed by atoms with Gasteiger partial charge in [0.15, 0.2) is 0 Å². The highest BCUT2D eigenvalue weighted by Gasteiger charge is 2.28. The fraction of sp³-hybridized carbons (Fsp3) is 0.500. The molecule has 5 N–H and O–H groups in total. The topological polar surface area (TPSA) is 113 Å². The van der Waals surface area contributed by atoms with Crippen LogP contribution in [-0.4, -0.2) is 40.3 Å². The molecular weight excluding hydrogens is 320 g/mol. The molecule has 0 bridgehead atoms. The number of carboxylic acid groups (broad SMARTS) is 1. The molecule has 0 spiro atoms. The highest BCUT2D eigenvalue weighted by atomic mass is 35.5. The van der Waals surface area contributed by atoms with Gasteiger partial charge in [-0.2, -0.15) is 0 Å². The summed E-state index contributed by atoms with van der Waals surface area (Å²) in [5.74, 6) is -1.85. The fourth-order valence-corrected chi connectivity index (χ4v) is 2.39. The van der Waals surface area contributed by atoms with Gasteiger partial charge in [0.05, 0.1) is 0 Å². The zero-order valence-corrected chi connectivity index (χ0v) is 14.0. The Balaban J connectivity index is 2.67. The van der Waals surface area contributed by atoms with Gasteiger partial charge in [0.25, 0.3) is 5.91 Å². The molecule has 0 fully saturated rings. The minimum Gasteiger partial charge on any atom is -0.480 e. The summed E-state index contributed by atoms with van der Waals surface area (Å²) >= 11 is 6.02. The molecule has 0 saturated heterocycles. The van der Waals surface area contributed by atoms with E-state index in [2.05, 4.69) is 5.32 Å². The van der Waals surface area contributed by atoms with E-state index in [0.717, 1.165) is 0 Å². The van der Waals surface area contributed by atoms with E-state index in [1.165, 1.54) is 0 Å². The molecule has 23 heavy (non-hydrogen) atoms. The van der Waals surface area contributed by atoms with Gasteiger partial charge < -0.3 is 21.3 Å². The number of aliphatic hydroxyl groups is 1. The molecular formula is C16H23ClN2O4. The third kappa shape index (κ3) is 6.17. The van der Waals surface area contributed by atoms with Crippen LogP contribution in [0.4, 0.5) is 0 Å². The molecule has 0 aliphatic carbocycles. The molecule has 0 unspecified atom stereocenters. The van der Waals surface area contributed by atoms with E-state index < -0.39 is 30.1 Å². The first-order valence-electron chi connectivity index (χ1n) is 7.42. The van der Waals surface area contributed by atoms with Crippen molar-refractivity contribution >= 4 is 23.5 Å². The van der Waals surface area contributed by atoms with E-state index in [1.54, 1.807) is 24.3 Å². The Kier molecular flexibility index (Phi) is 7.48. The van der Waals surface area contributed by atoms with Crippen molar-refractivity contribution in [2.45, 2.75) is 44.9 Å². The maximum atomic E-state index is 12.0. The summed E-state index contributed by atoms with van der Waals surface area (Å²) in [4.78, 5) is 23.2. The van der Waals surface area contributed by atoms with Crippen LogP contribution in [-0.2, 0) is 16.0 Å². The number of carboxylic acids is 1. The smallest absolute Gasteiger partial charge is 0.326 e. The van der Waals surface area contributed by atoms with E-state index in [1.807, 2.05) is 13.8 Å². The second-order valence-electron chi connectivity index (χ2n) is 5.93. The van der Waals surface area contributed by atoms with E-state index in [0.29, 0.717) is 10.6 Å². The van der Waals surface area contributed by atoms with Gasteiger partial charge in [-0.15, -0.1) is 0 Å². The van der Waals surface area contributed by atoms with E-state index in [4.69, 9.17) is 22.4 Å². The quantitative estimate of drug-likeness (QED) is 0.566. The number of hydrogen-bond acceptors (Lipinski definition) is 4. The zero-order valence-electron chi connectivity index (χ0n) is 13.2. The Hall–Kier alpha value is -1.63. The van der Waals surface area contributed by atoms with Gasteiger partial charge in [0.2, 0.25) is 0 Å². The van der Waals surface area contributed by atoms with Gasteiger partial charge in [-0.05, 0) is 30.4 Å². The predicted octanol–water partition coefficient (Wildman–Crippen LogP) is 1.19. The summed E-state index contributed by atoms with van der Waals surface area (Å²) in [7, 11) is 0. The first-order chi connectivity index (χ1) is 10.7. The number of aliphatic hydroxyl groups excluding tert-OH is 1. The van der Waals surface area contributed by atoms with E-state index in [-0.39, 0.29) is 18.8 Å². The molecule has 1 aromatic carbocycles. The minimum atomic E-state index is -1.51. The largest absolute Gasteiger partial charge is 0.480 e. The molecule has 0 saturated carbocycles. The molecule has 6 nitrogen and oxygen atoms in total. The number of carbonyl (C=O) groups excluding carboxylic acids is 1. The number of benzene rings is 1. The van der Waals surface area contributed by atoms with Crippen LogP contribution in [0.1, 0.15) is 25.8 Å². The number of nitrogens with two attached hydrogens (primary N) is 1. The molecule has 0 aliphatic rings. The zero-order chi connectivity index (χ0) is 17.6. The average Bonchev–Trinajstić information content (AvgIpc) is 2.47. The van der Waals surface area contributed by atoms with Crippen molar-refractivity contribution in [1.82, 2.24) is 5.32 Å². The number of hydrogen-bond donors (Lipinski definition) is 4. The van der Waals surface area contributed by atoms with Crippen molar-refractivity contribution < 1.29 is 19.8 Å². The monoisotopic (exact) mass is 342 g/mol. The molecule has 0 aromatic heterocycles. The molecule has 7 heteroatoms. The summed E-state index contributed by atoms with van der Waals surface area (Å²) in [6, 6.07) is 5.06. The Labute approximate surface area is 140 Å². The van der Waals surface area contributed by atoms with Crippen LogP contribution in [0.2, 0.25) is 5.02 Å². The van der Waals surface area contributed by atoms with Crippen LogP contribution in [0.25, 0.3) is 0 Å². The summed E-state index contributed by atoms with van der Waals surface area (Å²) in [5.41, 5.74) is 6.57. The molecule has 0 heterocycles. The normalized spacial score (nSPS) is 15.0. The molecule has 1 aromatic rings. The number of halogens is 1. The highest BCUT2D eigenvalue weighted by Crippen LogP contribution is 2.17. The van der Waals surface area contributed by atoms with E-state index in [9.17, 15) is 14.7 Å². The standard InChI is InChI=1S/C16H23ClN2O4/c1-9(2)7-13(16(22)23)19-15(21)14(20)12(18)8-10-5-3-4-6-11(10)17/h3-6,9,12-14,20H,7-8,18H2,1-2H3,(H,19,21)(H,22,23)/t12-,13-,14-/m0/s1. The van der Waals surface area contributed by atoms with Gasteiger partial charge in [-0.1, -0.05) is 43.6 Å². The van der Waals surface area contributed by atoms with Crippen molar-refractivity contribution in [3.63, 3.8) is 0 Å². The van der Waals surface area contributed by atoms with Gasteiger partial charge >= 0.3 is 5.97 Å². The van der Waals surface area contributed by atoms with Gasteiger partial charge in [0, 0.05) is 11.1 Å². The molecule has 128 valence electrons. The number of aliphatic carboxylic acids is 1. The lowest BCUT2D eigenvalue weighted by atomic mass is 10.00. The number of rotatable bonds is 8. The number of nitrogens with one attached hydrogen (secondary N) is 1. The molecule has 0 aliphatic heterocycles. The van der Waals surface area contributed by atoms with Crippen LogP contribution < -0.4 is 11.1 Å². The highest BCUT2D eigenvalue weighted by molar-refractivity contribution is 6.31. The molecule has 1 amide bonds. The Bertz CT molecular complexity index is 551. The SMILES string of the molecule is CC(C)C[C@H](NC(=O)[C@@H](O)[C@@H](N)Cc1ccccc1Cl)C(=O)O. The minimum absolute atomic E-state index is 0.0883. The lowest BCUT2D eigenvalue weighted by Gasteiger charge is -2.22. The first kappa shape index (κ1) is 19.4. The first-order valence-corrected chi connectivity index (χ1v) is 7.80. The lowest BCUT2D eigenvalue weighted by molar-refractivity contribution is -0.144. The lowest BCUT2D eigenvalue weighted by Crippen LogP contribution is -2.52. The van der Waals surface area contributed by atoms with Gasteiger partial charge in [0.1, 0.15) is 12.1 Å². The number of amides is 1. The van der Waals surface area contributed by atoms with Crippen molar-refractivity contribution in [1.29, 1.82) is 0 Å². The average molecular weight is 343 g/mol. The van der Waals surface area contributed by atoms with Gasteiger partial charge in [-0.3, -0.25) is 4.79 Å². The Morgan fingerprint density at radius 3 is 2.43 bits per heavy atom. The van der Waals surface area contributed by atoms with Crippen molar-refractivity contribution in [2.24, 2.45) is 11.7 Å². The third-order valence-electron chi connectivity index (χ3n) is 3.41. The second kappa shape index (κ2) is 8.86. The van der Waals surface area contributed by atoms with Crippen molar-refractivity contribution in [3.8, 4) is 0 Å². The molecule has 3 atom stereocenters. The molecule has 1 rings (SSSR count). The summed E-state index contributed by atoms with van der Waals surface area (Å²) in [6.45, 7) is 3.70. The summed E-state index contributed by atoms with van der Waals surface area (Å²) in [5, 5.41) is 22.0. The summed E-state index contributed by atoms with van der Waals surface area (Å²) < 4.78 is 0. The third-order valence-corrected chi connectivity index (χ3v) is 3.78. The van der Waals surface area contributed by atoms with Crippen LogP contribution >= 0.6 is 11.6 Å². The van der Waals surface area contributed by atoms with Crippen LogP contribution in [0.15, 0.2) is 24.3 Å². The fourth-order valence-electron chi connectivity index (χ4n) is 2.17. The van der Waals surface area contributed by atoms with Crippen LogP contribution in [0, 0.1) is 5.92 Å².